The Morgan fingerprint density at radius 2 is 1.94 bits per heavy atom. The first kappa shape index (κ1) is 23.0. The zero-order chi connectivity index (χ0) is 22.8. The first-order valence-corrected chi connectivity index (χ1v) is 13.5. The molecule has 8 heteroatoms. The minimum atomic E-state index is -2.11. The Labute approximate surface area is 185 Å². The van der Waals surface area contributed by atoms with Crippen LogP contribution >= 0.6 is 0 Å². The molecule has 1 aromatic carbocycles. The van der Waals surface area contributed by atoms with Crippen LogP contribution in [0.3, 0.4) is 0 Å². The molecule has 0 fully saturated rings. The molecule has 166 valence electrons. The minimum absolute atomic E-state index is 0.0339. The number of nitrogens with one attached hydrogen (secondary N) is 2. The lowest BCUT2D eigenvalue weighted by Gasteiger charge is -2.41. The number of fused-ring (bicyclic) bond motifs is 1. The fourth-order valence-electron chi connectivity index (χ4n) is 3.13. The Morgan fingerprint density at radius 3 is 2.61 bits per heavy atom. The second-order valence-electron chi connectivity index (χ2n) is 9.58. The standard InChI is InChI=1S/C23H33N5O2Si/c1-16-9-8-10-19(13-16)27-22(29)26-17(2)21(30-31(6,7)23(3,4)5)18-11-12-20-24-15-25-28(20)14-18/h8-15,17,21H,1-7H3,(H2,26,27,29)/t17-,21+/m0/s1. The highest BCUT2D eigenvalue weighted by atomic mass is 28.4. The number of carbonyl (C=O) groups is 1. The van der Waals surface area contributed by atoms with Crippen molar-refractivity contribution in [2.75, 3.05) is 5.32 Å². The van der Waals surface area contributed by atoms with Gasteiger partial charge in [-0.05, 0) is 55.7 Å². The number of anilines is 1. The van der Waals surface area contributed by atoms with E-state index in [1.54, 1.807) is 4.52 Å². The summed E-state index contributed by atoms with van der Waals surface area (Å²) in [5.41, 5.74) is 3.57. The van der Waals surface area contributed by atoms with Gasteiger partial charge in [0.05, 0.1) is 12.1 Å². The second-order valence-corrected chi connectivity index (χ2v) is 14.3. The van der Waals surface area contributed by atoms with E-state index in [0.29, 0.717) is 0 Å². The monoisotopic (exact) mass is 439 g/mol. The Kier molecular flexibility index (Phi) is 6.52. The van der Waals surface area contributed by atoms with Gasteiger partial charge < -0.3 is 15.1 Å². The zero-order valence-corrected chi connectivity index (χ0v) is 20.4. The van der Waals surface area contributed by atoms with Crippen molar-refractivity contribution in [3.63, 3.8) is 0 Å². The maximum absolute atomic E-state index is 12.7. The largest absolute Gasteiger partial charge is 0.408 e. The van der Waals surface area contributed by atoms with E-state index in [-0.39, 0.29) is 23.2 Å². The lowest BCUT2D eigenvalue weighted by atomic mass is 10.1. The minimum Gasteiger partial charge on any atom is -0.408 e. The van der Waals surface area contributed by atoms with Gasteiger partial charge in [-0.2, -0.15) is 5.10 Å². The van der Waals surface area contributed by atoms with Gasteiger partial charge >= 0.3 is 6.03 Å². The Morgan fingerprint density at radius 1 is 1.19 bits per heavy atom. The normalized spacial score (nSPS) is 14.3. The van der Waals surface area contributed by atoms with Crippen LogP contribution in [0.1, 0.15) is 44.9 Å². The second kappa shape index (κ2) is 8.80. The molecule has 2 N–H and O–H groups in total. The Hall–Kier alpha value is -2.71. The molecule has 0 unspecified atom stereocenters. The van der Waals surface area contributed by atoms with Gasteiger partial charge in [0.1, 0.15) is 6.33 Å². The molecular weight excluding hydrogens is 406 g/mol. The third kappa shape index (κ3) is 5.51. The lowest BCUT2D eigenvalue weighted by molar-refractivity contribution is 0.146. The van der Waals surface area contributed by atoms with Crippen molar-refractivity contribution in [2.24, 2.45) is 0 Å². The zero-order valence-electron chi connectivity index (χ0n) is 19.4. The first-order valence-electron chi connectivity index (χ1n) is 10.6. The molecule has 0 aliphatic heterocycles. The summed E-state index contributed by atoms with van der Waals surface area (Å²) in [7, 11) is -2.11. The van der Waals surface area contributed by atoms with Crippen LogP contribution in [-0.4, -0.2) is 35.0 Å². The van der Waals surface area contributed by atoms with Crippen molar-refractivity contribution in [3.8, 4) is 0 Å². The lowest BCUT2D eigenvalue weighted by Crippen LogP contribution is -2.47. The molecular formula is C23H33N5O2Si. The maximum Gasteiger partial charge on any atom is 0.319 e. The molecule has 2 amide bonds. The van der Waals surface area contributed by atoms with Crippen LogP contribution in [0.25, 0.3) is 5.65 Å². The number of aromatic nitrogens is 3. The van der Waals surface area contributed by atoms with Crippen LogP contribution < -0.4 is 10.6 Å². The summed E-state index contributed by atoms with van der Waals surface area (Å²) in [6.07, 6.45) is 3.13. The van der Waals surface area contributed by atoms with Crippen molar-refractivity contribution in [1.82, 2.24) is 19.9 Å². The molecule has 3 aromatic rings. The van der Waals surface area contributed by atoms with Crippen LogP contribution in [0.4, 0.5) is 10.5 Å². The van der Waals surface area contributed by atoms with Gasteiger partial charge in [0.25, 0.3) is 0 Å². The van der Waals surface area contributed by atoms with Gasteiger partial charge in [0.2, 0.25) is 0 Å². The number of aryl methyl sites for hydroxylation is 1. The third-order valence-corrected chi connectivity index (χ3v) is 10.4. The highest BCUT2D eigenvalue weighted by Gasteiger charge is 2.41. The first-order chi connectivity index (χ1) is 14.5. The molecule has 0 spiro atoms. The molecule has 0 radical (unpaired) electrons. The quantitative estimate of drug-likeness (QED) is 0.510. The van der Waals surface area contributed by atoms with Gasteiger partial charge in [-0.25, -0.2) is 14.3 Å². The summed E-state index contributed by atoms with van der Waals surface area (Å²) in [6, 6.07) is 11.1. The number of pyridine rings is 1. The molecule has 0 aliphatic rings. The smallest absolute Gasteiger partial charge is 0.319 e. The number of rotatable bonds is 6. The van der Waals surface area contributed by atoms with Gasteiger partial charge in [-0.3, -0.25) is 0 Å². The average Bonchev–Trinajstić information content (AvgIpc) is 3.12. The van der Waals surface area contributed by atoms with Crippen molar-refractivity contribution in [2.45, 2.75) is 64.9 Å². The Bertz CT molecular complexity index is 1060. The molecule has 2 atom stereocenters. The fraction of sp³-hybridized carbons (Fsp3) is 0.435. The van der Waals surface area contributed by atoms with Gasteiger partial charge in [0, 0.05) is 17.4 Å². The van der Waals surface area contributed by atoms with E-state index in [2.05, 4.69) is 54.6 Å². The SMILES string of the molecule is Cc1cccc(NC(=O)N[C@@H](C)[C@@H](O[Si](C)(C)C(C)(C)C)c2ccc3ncnn3c2)c1. The fourth-order valence-corrected chi connectivity index (χ4v) is 4.46. The van der Waals surface area contributed by atoms with E-state index in [1.807, 2.05) is 56.4 Å². The number of amides is 2. The summed E-state index contributed by atoms with van der Waals surface area (Å²) in [4.78, 5) is 16.9. The van der Waals surface area contributed by atoms with E-state index in [4.69, 9.17) is 4.43 Å². The van der Waals surface area contributed by atoms with Crippen LogP contribution in [0.5, 0.6) is 0 Å². The van der Waals surface area contributed by atoms with Crippen LogP contribution in [0.15, 0.2) is 48.9 Å². The van der Waals surface area contributed by atoms with E-state index in [1.165, 1.54) is 6.33 Å². The number of nitrogens with zero attached hydrogens (tertiary/aromatic N) is 3. The molecule has 31 heavy (non-hydrogen) atoms. The van der Waals surface area contributed by atoms with E-state index in [0.717, 1.165) is 22.5 Å². The predicted octanol–water partition coefficient (Wildman–Crippen LogP) is 5.31. The summed E-state index contributed by atoms with van der Waals surface area (Å²) in [5.74, 6) is 0. The van der Waals surface area contributed by atoms with Gasteiger partial charge in [-0.15, -0.1) is 0 Å². The third-order valence-electron chi connectivity index (χ3n) is 5.94. The highest BCUT2D eigenvalue weighted by Crippen LogP contribution is 2.40. The van der Waals surface area contributed by atoms with Crippen LogP contribution in [0, 0.1) is 6.92 Å². The maximum atomic E-state index is 12.7. The number of carbonyl (C=O) groups excluding carboxylic acids is 1. The number of benzene rings is 1. The molecule has 7 nitrogen and oxygen atoms in total. The summed E-state index contributed by atoms with van der Waals surface area (Å²) < 4.78 is 8.51. The van der Waals surface area contributed by atoms with Crippen molar-refractivity contribution >= 4 is 25.7 Å². The number of hydrogen-bond acceptors (Lipinski definition) is 4. The molecule has 2 heterocycles. The number of urea groups is 1. The molecule has 0 bridgehead atoms. The highest BCUT2D eigenvalue weighted by molar-refractivity contribution is 6.74. The molecule has 0 saturated heterocycles. The van der Waals surface area contributed by atoms with Crippen molar-refractivity contribution < 1.29 is 9.22 Å². The number of hydrogen-bond donors (Lipinski definition) is 2. The molecule has 0 aliphatic carbocycles. The van der Waals surface area contributed by atoms with E-state index >= 15 is 0 Å². The predicted molar refractivity (Wildman–Crippen MR) is 127 cm³/mol. The van der Waals surface area contributed by atoms with E-state index < -0.39 is 8.32 Å². The van der Waals surface area contributed by atoms with E-state index in [9.17, 15) is 4.79 Å². The van der Waals surface area contributed by atoms with Crippen molar-refractivity contribution in [3.05, 3.63) is 60.0 Å². The van der Waals surface area contributed by atoms with Crippen molar-refractivity contribution in [1.29, 1.82) is 0 Å². The summed E-state index contributed by atoms with van der Waals surface area (Å²) >= 11 is 0. The van der Waals surface area contributed by atoms with Crippen LogP contribution in [-0.2, 0) is 4.43 Å². The van der Waals surface area contributed by atoms with Crippen LogP contribution in [0.2, 0.25) is 18.1 Å². The van der Waals surface area contributed by atoms with Gasteiger partial charge in [-0.1, -0.05) is 39.0 Å². The average molecular weight is 440 g/mol. The summed E-state index contributed by atoms with van der Waals surface area (Å²) in [5, 5.41) is 10.3. The Balaban J connectivity index is 1.84. The molecule has 2 aromatic heterocycles. The van der Waals surface area contributed by atoms with Gasteiger partial charge in [0.15, 0.2) is 14.0 Å². The topological polar surface area (TPSA) is 80.5 Å². The molecule has 3 rings (SSSR count). The summed E-state index contributed by atoms with van der Waals surface area (Å²) in [6.45, 7) is 15.0. The molecule has 0 saturated carbocycles.